The van der Waals surface area contributed by atoms with E-state index in [0.29, 0.717) is 45.1 Å². The minimum atomic E-state index is -3.92. The Morgan fingerprint density at radius 1 is 0.860 bits per heavy atom. The molecule has 8 nitrogen and oxygen atoms in total. The van der Waals surface area contributed by atoms with Gasteiger partial charge in [-0.1, -0.05) is 30.3 Å². The van der Waals surface area contributed by atoms with Crippen molar-refractivity contribution in [3.8, 4) is 22.6 Å². The molecule has 0 radical (unpaired) electrons. The normalized spacial score (nSPS) is 12.0. The van der Waals surface area contributed by atoms with Crippen LogP contribution < -0.4 is 9.46 Å². The summed E-state index contributed by atoms with van der Waals surface area (Å²) in [4.78, 5) is 4.61. The number of hydrogen-bond donors (Lipinski definition) is 1. The Kier molecular flexibility index (Phi) is 8.01. The molecule has 3 aromatic carbocycles. The Morgan fingerprint density at radius 2 is 1.56 bits per heavy atom. The summed E-state index contributed by atoms with van der Waals surface area (Å²) in [7, 11) is -7.58. The Hall–Kier alpha value is -4.29. The van der Waals surface area contributed by atoms with Crippen LogP contribution >= 0.6 is 0 Å². The molecule has 2 aromatic heterocycles. The zero-order chi connectivity index (χ0) is 31.1. The quantitative estimate of drug-likeness (QED) is 0.192. The summed E-state index contributed by atoms with van der Waals surface area (Å²) in [6.07, 6.45) is 0. The lowest BCUT2D eigenvalue weighted by Gasteiger charge is -2.16. The van der Waals surface area contributed by atoms with Crippen molar-refractivity contribution in [3.63, 3.8) is 0 Å². The Labute approximate surface area is 249 Å². The molecule has 2 heterocycles. The van der Waals surface area contributed by atoms with Crippen molar-refractivity contribution >= 4 is 36.8 Å². The second kappa shape index (κ2) is 11.4. The molecule has 0 unspecified atom stereocenters. The average Bonchev–Trinajstić information content (AvgIpc) is 3.20. The van der Waals surface area contributed by atoms with Gasteiger partial charge in [-0.2, -0.15) is 0 Å². The largest absolute Gasteiger partial charge is 0.454 e. The van der Waals surface area contributed by atoms with Gasteiger partial charge in [-0.25, -0.2) is 34.6 Å². The number of pyridine rings is 1. The predicted molar refractivity (Wildman–Crippen MR) is 163 cm³/mol. The van der Waals surface area contributed by atoms with Crippen LogP contribution in [0.5, 0.6) is 11.5 Å². The lowest BCUT2D eigenvalue weighted by atomic mass is 9.98. The zero-order valence-corrected chi connectivity index (χ0v) is 25.5. The number of hydrogen-bond acceptors (Lipinski definition) is 6. The molecule has 0 spiro atoms. The van der Waals surface area contributed by atoms with E-state index in [1.54, 1.807) is 57.2 Å². The van der Waals surface area contributed by atoms with E-state index in [-0.39, 0.29) is 34.3 Å². The van der Waals surface area contributed by atoms with Crippen LogP contribution in [0.1, 0.15) is 29.4 Å². The Morgan fingerprint density at radius 3 is 2.23 bits per heavy atom. The van der Waals surface area contributed by atoms with Crippen LogP contribution in [0.15, 0.2) is 72.8 Å². The number of fused-ring (bicyclic) bond motifs is 1. The highest BCUT2D eigenvalue weighted by Gasteiger charge is 2.27. The number of rotatable bonds is 9. The Balaban J connectivity index is 1.76. The molecule has 0 saturated heterocycles. The highest BCUT2D eigenvalue weighted by atomic mass is 32.2. The standard InChI is InChI=1S/C31H29F2N3O5S2/c1-5-42(37,38)35-24-12-14-28(41-29-13-11-23(32)16-27(29)33)25(17-24)26-15-19(2)34-31-30(26)20(3)21(4)36(31)43(39,40)18-22-9-7-6-8-10-22/h6-17,35H,5,18H2,1-4H3. The van der Waals surface area contributed by atoms with Crippen molar-refractivity contribution in [2.24, 2.45) is 0 Å². The fourth-order valence-electron chi connectivity index (χ4n) is 4.89. The van der Waals surface area contributed by atoms with Gasteiger partial charge in [0.25, 0.3) is 0 Å². The monoisotopic (exact) mass is 625 g/mol. The molecule has 0 amide bonds. The van der Waals surface area contributed by atoms with Gasteiger partial charge in [0.2, 0.25) is 20.0 Å². The predicted octanol–water partition coefficient (Wildman–Crippen LogP) is 6.84. The van der Waals surface area contributed by atoms with Gasteiger partial charge in [-0.05, 0) is 80.8 Å². The van der Waals surface area contributed by atoms with Gasteiger partial charge in [-0.15, -0.1) is 0 Å². The number of sulfonamides is 1. The molecule has 43 heavy (non-hydrogen) atoms. The molecular weight excluding hydrogens is 596 g/mol. The summed E-state index contributed by atoms with van der Waals surface area (Å²) in [5, 5.41) is 0.500. The number of nitrogens with one attached hydrogen (secondary N) is 1. The average molecular weight is 626 g/mol. The summed E-state index contributed by atoms with van der Waals surface area (Å²) < 4.78 is 90.2. The number of ether oxygens (including phenoxy) is 1. The van der Waals surface area contributed by atoms with Crippen LogP contribution in [0, 0.1) is 32.4 Å². The molecule has 5 rings (SSSR count). The molecule has 0 aliphatic carbocycles. The van der Waals surface area contributed by atoms with Gasteiger partial charge in [0, 0.05) is 34.1 Å². The third kappa shape index (κ3) is 6.11. The number of benzene rings is 3. The first-order valence-electron chi connectivity index (χ1n) is 13.3. The van der Waals surface area contributed by atoms with E-state index in [1.165, 1.54) is 29.1 Å². The second-order valence-electron chi connectivity index (χ2n) is 10.1. The van der Waals surface area contributed by atoms with Crippen molar-refractivity contribution < 1.29 is 30.4 Å². The first-order chi connectivity index (χ1) is 20.3. The fourth-order valence-corrected chi connectivity index (χ4v) is 7.21. The molecule has 0 saturated carbocycles. The number of halogens is 2. The minimum absolute atomic E-state index is 0.133. The topological polar surface area (TPSA) is 107 Å². The molecule has 0 fully saturated rings. The maximum atomic E-state index is 14.6. The number of nitrogens with zero attached hydrogens (tertiary/aromatic N) is 2. The van der Waals surface area contributed by atoms with Crippen LogP contribution in [-0.2, 0) is 25.8 Å². The number of aryl methyl sites for hydroxylation is 2. The third-order valence-electron chi connectivity index (χ3n) is 7.05. The van der Waals surface area contributed by atoms with Crippen LogP contribution in [0.2, 0.25) is 0 Å². The lowest BCUT2D eigenvalue weighted by molar-refractivity contribution is 0.439. The number of aromatic nitrogens is 2. The smallest absolute Gasteiger partial charge is 0.244 e. The van der Waals surface area contributed by atoms with Gasteiger partial charge in [0.05, 0.1) is 11.5 Å². The maximum absolute atomic E-state index is 14.6. The molecule has 0 bridgehead atoms. The van der Waals surface area contributed by atoms with Gasteiger partial charge in [0.15, 0.2) is 17.2 Å². The Bertz CT molecular complexity index is 2080. The van der Waals surface area contributed by atoms with E-state index >= 15 is 0 Å². The summed E-state index contributed by atoms with van der Waals surface area (Å²) in [5.74, 6) is -2.24. The first-order valence-corrected chi connectivity index (χ1v) is 16.6. The molecule has 0 aliphatic rings. The molecule has 5 aromatic rings. The van der Waals surface area contributed by atoms with Crippen molar-refractivity contribution in [1.29, 1.82) is 0 Å². The molecule has 12 heteroatoms. The van der Waals surface area contributed by atoms with E-state index in [2.05, 4.69) is 9.71 Å². The zero-order valence-electron chi connectivity index (χ0n) is 23.9. The van der Waals surface area contributed by atoms with Crippen molar-refractivity contribution in [1.82, 2.24) is 8.96 Å². The molecule has 1 N–H and O–H groups in total. The van der Waals surface area contributed by atoms with Crippen molar-refractivity contribution in [2.45, 2.75) is 33.4 Å². The maximum Gasteiger partial charge on any atom is 0.244 e. The lowest BCUT2D eigenvalue weighted by Crippen LogP contribution is -2.17. The third-order valence-corrected chi connectivity index (χ3v) is 10.1. The SMILES string of the molecule is CCS(=O)(=O)Nc1ccc(Oc2ccc(F)cc2F)c(-c2cc(C)nc3c2c(C)c(C)n3S(=O)(=O)Cc2ccccc2)c1. The number of anilines is 1. The van der Waals surface area contributed by atoms with Gasteiger partial charge in [0.1, 0.15) is 11.6 Å². The first kappa shape index (κ1) is 30.2. The second-order valence-corrected chi connectivity index (χ2v) is 13.9. The van der Waals surface area contributed by atoms with Gasteiger partial charge < -0.3 is 4.74 Å². The van der Waals surface area contributed by atoms with E-state index in [1.807, 2.05) is 0 Å². The summed E-state index contributed by atoms with van der Waals surface area (Å²) in [5.41, 5.74) is 3.43. The van der Waals surface area contributed by atoms with Gasteiger partial charge in [-0.3, -0.25) is 4.72 Å². The fraction of sp³-hybridized carbons (Fsp3) is 0.194. The highest BCUT2D eigenvalue weighted by Crippen LogP contribution is 2.42. The van der Waals surface area contributed by atoms with E-state index in [4.69, 9.17) is 4.74 Å². The van der Waals surface area contributed by atoms with E-state index in [9.17, 15) is 25.6 Å². The van der Waals surface area contributed by atoms with Crippen LogP contribution in [0.25, 0.3) is 22.2 Å². The minimum Gasteiger partial charge on any atom is -0.454 e. The van der Waals surface area contributed by atoms with E-state index < -0.39 is 31.7 Å². The molecular formula is C31H29F2N3O5S2. The van der Waals surface area contributed by atoms with Crippen molar-refractivity contribution in [3.05, 3.63) is 107 Å². The molecule has 0 atom stereocenters. The van der Waals surface area contributed by atoms with Gasteiger partial charge >= 0.3 is 0 Å². The van der Waals surface area contributed by atoms with Crippen molar-refractivity contribution in [2.75, 3.05) is 10.5 Å². The van der Waals surface area contributed by atoms with Crippen LogP contribution in [0.3, 0.4) is 0 Å². The summed E-state index contributed by atoms with van der Waals surface area (Å²) in [6.45, 7) is 6.67. The summed E-state index contributed by atoms with van der Waals surface area (Å²) >= 11 is 0. The molecule has 0 aliphatic heterocycles. The summed E-state index contributed by atoms with van der Waals surface area (Å²) in [6, 6.07) is 17.9. The molecule has 224 valence electrons. The van der Waals surface area contributed by atoms with Crippen LogP contribution in [0.4, 0.5) is 14.5 Å². The van der Waals surface area contributed by atoms with E-state index in [0.717, 1.165) is 12.1 Å². The van der Waals surface area contributed by atoms with Crippen LogP contribution in [-0.4, -0.2) is 31.5 Å². The highest BCUT2D eigenvalue weighted by molar-refractivity contribution is 7.92.